The molecule has 0 fully saturated rings. The van der Waals surface area contributed by atoms with Crippen LogP contribution in [0.3, 0.4) is 0 Å². The Balaban J connectivity index is 2.33. The van der Waals surface area contributed by atoms with Crippen LogP contribution in [0.2, 0.25) is 0 Å². The number of hydrogen-bond acceptors (Lipinski definition) is 2. The maximum absolute atomic E-state index is 2.22. The van der Waals surface area contributed by atoms with E-state index in [0.29, 0.717) is 6.04 Å². The lowest BCUT2D eigenvalue weighted by Crippen LogP contribution is -2.36. The second kappa shape index (κ2) is 3.46. The largest absolute Gasteiger partial charge is 0.281 e. The van der Waals surface area contributed by atoms with Crippen molar-refractivity contribution in [2.75, 3.05) is 12.1 Å². The third-order valence-corrected chi connectivity index (χ3v) is 2.80. The van der Waals surface area contributed by atoms with E-state index in [1.54, 1.807) is 0 Å². The molecule has 0 aromatic heterocycles. The monoisotopic (exact) mass is 188 g/mol. The summed E-state index contributed by atoms with van der Waals surface area (Å²) in [7, 11) is 2.11. The second-order valence-electron chi connectivity index (χ2n) is 3.79. The molecule has 1 aromatic rings. The maximum Gasteiger partial charge on any atom is 0.0602 e. The summed E-state index contributed by atoms with van der Waals surface area (Å²) in [5.74, 6) is 0. The highest BCUT2D eigenvalue weighted by molar-refractivity contribution is 5.55. The van der Waals surface area contributed by atoms with Crippen LogP contribution in [0.1, 0.15) is 12.5 Å². The Hall–Kier alpha value is -1.28. The Bertz CT molecular complexity index is 357. The number of anilines is 1. The highest BCUT2D eigenvalue weighted by Gasteiger charge is 2.20. The van der Waals surface area contributed by atoms with Gasteiger partial charge >= 0.3 is 0 Å². The summed E-state index contributed by atoms with van der Waals surface area (Å²) in [6.07, 6.45) is 4.33. The van der Waals surface area contributed by atoms with Crippen LogP contribution < -0.4 is 5.01 Å². The van der Waals surface area contributed by atoms with Crippen molar-refractivity contribution in [1.82, 2.24) is 5.01 Å². The van der Waals surface area contributed by atoms with Crippen LogP contribution in [0.25, 0.3) is 0 Å². The van der Waals surface area contributed by atoms with Gasteiger partial charge in [0, 0.05) is 19.3 Å². The Morgan fingerprint density at radius 1 is 1.21 bits per heavy atom. The number of likely N-dealkylation sites (N-methyl/N-ethyl adjacent to an activating group) is 1. The van der Waals surface area contributed by atoms with E-state index in [4.69, 9.17) is 0 Å². The molecule has 0 bridgehead atoms. The molecular weight excluding hydrogens is 172 g/mol. The standard InChI is InChI=1S/C12H16N2/c1-10-6-4-5-7-12(10)14-9-8-11(2)13(14)3/h4-9,11H,1-3H3. The molecule has 2 rings (SSSR count). The van der Waals surface area contributed by atoms with Crippen LogP contribution in [-0.2, 0) is 0 Å². The van der Waals surface area contributed by atoms with Gasteiger partial charge in [-0.1, -0.05) is 18.2 Å². The average molecular weight is 188 g/mol. The van der Waals surface area contributed by atoms with Crippen molar-refractivity contribution in [1.29, 1.82) is 0 Å². The molecule has 0 saturated heterocycles. The van der Waals surface area contributed by atoms with Gasteiger partial charge < -0.3 is 0 Å². The number of hydrogen-bond donors (Lipinski definition) is 0. The summed E-state index contributed by atoms with van der Waals surface area (Å²) in [5.41, 5.74) is 2.56. The molecule has 2 heteroatoms. The number of nitrogens with zero attached hydrogens (tertiary/aromatic N) is 2. The lowest BCUT2D eigenvalue weighted by molar-refractivity contribution is 0.321. The Morgan fingerprint density at radius 3 is 2.50 bits per heavy atom. The van der Waals surface area contributed by atoms with Crippen LogP contribution in [0, 0.1) is 6.92 Å². The minimum absolute atomic E-state index is 0.481. The van der Waals surface area contributed by atoms with E-state index in [2.05, 4.69) is 67.5 Å². The molecular formula is C12H16N2. The Kier molecular flexibility index (Phi) is 2.30. The first-order chi connectivity index (χ1) is 6.70. The van der Waals surface area contributed by atoms with Gasteiger partial charge in [-0.3, -0.25) is 5.01 Å². The third kappa shape index (κ3) is 1.42. The first-order valence-electron chi connectivity index (χ1n) is 4.96. The third-order valence-electron chi connectivity index (χ3n) is 2.80. The number of benzene rings is 1. The fraction of sp³-hybridized carbons (Fsp3) is 0.333. The summed E-state index contributed by atoms with van der Waals surface area (Å²) < 4.78 is 0. The topological polar surface area (TPSA) is 6.48 Å². The molecule has 1 aliphatic heterocycles. The molecule has 0 amide bonds. The van der Waals surface area contributed by atoms with Gasteiger partial charge in [0.05, 0.1) is 5.69 Å². The van der Waals surface area contributed by atoms with E-state index >= 15 is 0 Å². The number of hydrazine groups is 1. The van der Waals surface area contributed by atoms with Crippen LogP contribution in [0.15, 0.2) is 36.5 Å². The van der Waals surface area contributed by atoms with E-state index in [1.165, 1.54) is 11.3 Å². The van der Waals surface area contributed by atoms with Crippen LogP contribution in [0.5, 0.6) is 0 Å². The zero-order valence-corrected chi connectivity index (χ0v) is 8.94. The number of rotatable bonds is 1. The van der Waals surface area contributed by atoms with E-state index in [0.717, 1.165) is 0 Å². The van der Waals surface area contributed by atoms with Crippen LogP contribution in [-0.4, -0.2) is 18.1 Å². The molecule has 0 saturated carbocycles. The highest BCUT2D eigenvalue weighted by atomic mass is 15.6. The zero-order valence-electron chi connectivity index (χ0n) is 8.94. The minimum Gasteiger partial charge on any atom is -0.281 e. The highest BCUT2D eigenvalue weighted by Crippen LogP contribution is 2.25. The summed E-state index contributed by atoms with van der Waals surface area (Å²) >= 11 is 0. The molecule has 74 valence electrons. The second-order valence-corrected chi connectivity index (χ2v) is 3.79. The van der Waals surface area contributed by atoms with Gasteiger partial charge in [0.1, 0.15) is 0 Å². The normalized spacial score (nSPS) is 21.9. The van der Waals surface area contributed by atoms with Gasteiger partial charge in [0.25, 0.3) is 0 Å². The molecule has 1 unspecified atom stereocenters. The van der Waals surface area contributed by atoms with Crippen molar-refractivity contribution in [2.45, 2.75) is 19.9 Å². The first-order valence-corrected chi connectivity index (χ1v) is 4.96. The molecule has 1 heterocycles. The summed E-state index contributed by atoms with van der Waals surface area (Å²) in [6.45, 7) is 4.33. The zero-order chi connectivity index (χ0) is 10.1. The van der Waals surface area contributed by atoms with Crippen molar-refractivity contribution >= 4 is 5.69 Å². The predicted molar refractivity (Wildman–Crippen MR) is 60.0 cm³/mol. The van der Waals surface area contributed by atoms with Crippen molar-refractivity contribution in [3.05, 3.63) is 42.1 Å². The molecule has 1 aromatic carbocycles. The van der Waals surface area contributed by atoms with Crippen LogP contribution in [0.4, 0.5) is 5.69 Å². The Labute approximate surface area is 85.4 Å². The van der Waals surface area contributed by atoms with Gasteiger partial charge in [0.15, 0.2) is 0 Å². The smallest absolute Gasteiger partial charge is 0.0602 e. The summed E-state index contributed by atoms with van der Waals surface area (Å²) in [4.78, 5) is 0. The fourth-order valence-corrected chi connectivity index (χ4v) is 1.70. The van der Waals surface area contributed by atoms with Gasteiger partial charge in [-0.05, 0) is 31.6 Å². The predicted octanol–water partition coefficient (Wildman–Crippen LogP) is 2.56. The molecule has 0 aliphatic carbocycles. The molecule has 0 radical (unpaired) electrons. The van der Waals surface area contributed by atoms with Gasteiger partial charge in [-0.2, -0.15) is 0 Å². The van der Waals surface area contributed by atoms with E-state index in [-0.39, 0.29) is 0 Å². The number of para-hydroxylation sites is 1. The minimum atomic E-state index is 0.481. The van der Waals surface area contributed by atoms with Crippen molar-refractivity contribution in [2.24, 2.45) is 0 Å². The Morgan fingerprint density at radius 2 is 1.93 bits per heavy atom. The van der Waals surface area contributed by atoms with Gasteiger partial charge in [-0.25, -0.2) is 5.01 Å². The molecule has 14 heavy (non-hydrogen) atoms. The van der Waals surface area contributed by atoms with Crippen molar-refractivity contribution in [3.63, 3.8) is 0 Å². The van der Waals surface area contributed by atoms with Gasteiger partial charge in [0.2, 0.25) is 0 Å². The van der Waals surface area contributed by atoms with E-state index in [9.17, 15) is 0 Å². The molecule has 1 atom stereocenters. The quantitative estimate of drug-likeness (QED) is 0.668. The van der Waals surface area contributed by atoms with Crippen LogP contribution >= 0.6 is 0 Å². The lowest BCUT2D eigenvalue weighted by atomic mass is 10.2. The summed E-state index contributed by atoms with van der Waals surface area (Å²) in [6, 6.07) is 8.91. The first kappa shape index (κ1) is 9.28. The molecule has 2 nitrogen and oxygen atoms in total. The molecule has 0 N–H and O–H groups in total. The van der Waals surface area contributed by atoms with Crippen molar-refractivity contribution < 1.29 is 0 Å². The van der Waals surface area contributed by atoms with Gasteiger partial charge in [-0.15, -0.1) is 0 Å². The average Bonchev–Trinajstić information content (AvgIpc) is 2.49. The maximum atomic E-state index is 2.22. The molecule has 1 aliphatic rings. The SMILES string of the molecule is Cc1ccccc1N1C=CC(C)N1C. The fourth-order valence-electron chi connectivity index (χ4n) is 1.70. The number of aryl methyl sites for hydroxylation is 1. The van der Waals surface area contributed by atoms with E-state index < -0.39 is 0 Å². The molecule has 0 spiro atoms. The lowest BCUT2D eigenvalue weighted by Gasteiger charge is -2.29. The van der Waals surface area contributed by atoms with E-state index in [1.807, 2.05) is 0 Å². The summed E-state index contributed by atoms with van der Waals surface area (Å²) in [5, 5.41) is 4.42. The van der Waals surface area contributed by atoms with Crippen molar-refractivity contribution in [3.8, 4) is 0 Å².